The highest BCUT2D eigenvalue weighted by molar-refractivity contribution is 4.93. The summed E-state index contributed by atoms with van der Waals surface area (Å²) in [6.45, 7) is 6.77. The maximum Gasteiger partial charge on any atom is 0.0167 e. The van der Waals surface area contributed by atoms with Crippen LogP contribution in [0.1, 0.15) is 200 Å². The summed E-state index contributed by atoms with van der Waals surface area (Å²) in [6, 6.07) is 1.01. The first-order valence-corrected chi connectivity index (χ1v) is 21.7. The Hall–Kier alpha value is -1.16. The summed E-state index contributed by atoms with van der Waals surface area (Å²) < 4.78 is 0. The van der Waals surface area contributed by atoms with E-state index in [1.54, 1.807) is 0 Å². The minimum Gasteiger partial charge on any atom is -0.327 e. The van der Waals surface area contributed by atoms with Crippen molar-refractivity contribution < 1.29 is 0 Å². The maximum atomic E-state index is 6.64. The third-order valence-electron chi connectivity index (χ3n) is 10.1. The number of nitrogens with two attached hydrogens (primary N) is 1. The lowest BCUT2D eigenvalue weighted by molar-refractivity contribution is 0.195. The SMILES string of the molecule is CCCCC/C=C\C/C=C\CCCCCCCCC(CCCCCCCC/C=C\C/C=C\CCCCC)N(C)CC(N)CCCCN(C)C. The summed E-state index contributed by atoms with van der Waals surface area (Å²) in [4.78, 5) is 4.92. The number of allylic oxidation sites excluding steroid dienone is 8. The lowest BCUT2D eigenvalue weighted by Crippen LogP contribution is -2.41. The molecule has 3 heteroatoms. The lowest BCUT2D eigenvalue weighted by Gasteiger charge is -2.31. The minimum atomic E-state index is 0.307. The van der Waals surface area contributed by atoms with E-state index in [4.69, 9.17) is 5.73 Å². The molecule has 0 fully saturated rings. The van der Waals surface area contributed by atoms with Gasteiger partial charge in [0.2, 0.25) is 0 Å². The van der Waals surface area contributed by atoms with Crippen molar-refractivity contribution in [2.75, 3.05) is 34.2 Å². The van der Waals surface area contributed by atoms with Crippen LogP contribution in [0.25, 0.3) is 0 Å². The van der Waals surface area contributed by atoms with Crippen LogP contribution in [0.4, 0.5) is 0 Å². The molecule has 0 spiro atoms. The largest absolute Gasteiger partial charge is 0.327 e. The molecule has 0 aromatic carbocycles. The van der Waals surface area contributed by atoms with Gasteiger partial charge < -0.3 is 15.5 Å². The topological polar surface area (TPSA) is 32.5 Å². The summed E-state index contributed by atoms with van der Waals surface area (Å²) in [6.07, 6.45) is 57.1. The van der Waals surface area contributed by atoms with Crippen LogP contribution in [0.3, 0.4) is 0 Å². The van der Waals surface area contributed by atoms with Crippen LogP contribution >= 0.6 is 0 Å². The highest BCUT2D eigenvalue weighted by atomic mass is 15.1. The normalized spacial score (nSPS) is 13.3. The molecule has 1 unspecified atom stereocenters. The smallest absolute Gasteiger partial charge is 0.0167 e. The van der Waals surface area contributed by atoms with Gasteiger partial charge in [0, 0.05) is 18.6 Å². The molecule has 0 aliphatic heterocycles. The van der Waals surface area contributed by atoms with E-state index in [9.17, 15) is 0 Å². The van der Waals surface area contributed by atoms with Crippen molar-refractivity contribution in [3.63, 3.8) is 0 Å². The van der Waals surface area contributed by atoms with Gasteiger partial charge in [0.25, 0.3) is 0 Å². The van der Waals surface area contributed by atoms with Crippen LogP contribution in [-0.4, -0.2) is 56.1 Å². The number of likely N-dealkylation sites (N-methyl/N-ethyl adjacent to an activating group) is 1. The second kappa shape index (κ2) is 39.6. The summed E-state index contributed by atoms with van der Waals surface area (Å²) in [5.41, 5.74) is 6.64. The van der Waals surface area contributed by atoms with E-state index in [0.29, 0.717) is 12.1 Å². The van der Waals surface area contributed by atoms with Crippen molar-refractivity contribution in [1.29, 1.82) is 0 Å². The molecule has 49 heavy (non-hydrogen) atoms. The van der Waals surface area contributed by atoms with Gasteiger partial charge in [-0.15, -0.1) is 0 Å². The van der Waals surface area contributed by atoms with Gasteiger partial charge in [-0.2, -0.15) is 0 Å². The zero-order valence-corrected chi connectivity index (χ0v) is 34.2. The highest BCUT2D eigenvalue weighted by Gasteiger charge is 2.17. The Bertz CT molecular complexity index is 703. The van der Waals surface area contributed by atoms with E-state index in [0.717, 1.165) is 25.8 Å². The zero-order chi connectivity index (χ0) is 35.9. The molecule has 0 bridgehead atoms. The average molecular weight is 684 g/mol. The van der Waals surface area contributed by atoms with Crippen LogP contribution < -0.4 is 5.73 Å². The van der Waals surface area contributed by atoms with Gasteiger partial charge in [-0.05, 0) is 118 Å². The van der Waals surface area contributed by atoms with Gasteiger partial charge in [0.15, 0.2) is 0 Å². The molecule has 0 aliphatic rings. The first-order chi connectivity index (χ1) is 24.0. The van der Waals surface area contributed by atoms with Crippen LogP contribution in [-0.2, 0) is 0 Å². The Kier molecular flexibility index (Phi) is 38.7. The van der Waals surface area contributed by atoms with Gasteiger partial charge in [-0.25, -0.2) is 0 Å². The molecular weight excluding hydrogens is 595 g/mol. The molecule has 288 valence electrons. The fraction of sp³-hybridized carbons (Fsp3) is 0.826. The summed E-state index contributed by atoms with van der Waals surface area (Å²) in [7, 11) is 6.69. The van der Waals surface area contributed by atoms with Crippen LogP contribution in [0.15, 0.2) is 48.6 Å². The van der Waals surface area contributed by atoms with Gasteiger partial charge in [-0.3, -0.25) is 0 Å². The molecule has 3 nitrogen and oxygen atoms in total. The minimum absolute atomic E-state index is 0.307. The molecule has 0 heterocycles. The van der Waals surface area contributed by atoms with Crippen LogP contribution in [0, 0.1) is 0 Å². The molecule has 0 saturated carbocycles. The third kappa shape index (κ3) is 37.9. The van der Waals surface area contributed by atoms with Crippen molar-refractivity contribution in [2.45, 2.75) is 212 Å². The standard InChI is InChI=1S/C46H89N3/c1-6-8-10-12-14-16-18-20-22-24-26-28-30-32-34-36-41-46(49(5)44-45(47)40-38-39-43-48(3)4)42-37-35-33-31-29-27-25-23-21-19-17-15-13-11-9-7-2/h14-17,20-23,45-46H,6-13,18-19,24-44,47H2,1-5H3/b16-14-,17-15-,22-20-,23-21-. The predicted octanol–water partition coefficient (Wildman–Crippen LogP) is 13.8. The van der Waals surface area contributed by atoms with Gasteiger partial charge in [-0.1, -0.05) is 159 Å². The van der Waals surface area contributed by atoms with Crippen molar-refractivity contribution in [3.8, 4) is 0 Å². The first kappa shape index (κ1) is 47.8. The van der Waals surface area contributed by atoms with E-state index >= 15 is 0 Å². The summed E-state index contributed by atoms with van der Waals surface area (Å²) in [5.74, 6) is 0. The Morgan fingerprint density at radius 3 is 1.20 bits per heavy atom. The second-order valence-electron chi connectivity index (χ2n) is 15.4. The summed E-state index contributed by atoms with van der Waals surface area (Å²) >= 11 is 0. The number of hydrogen-bond acceptors (Lipinski definition) is 3. The Morgan fingerprint density at radius 2 is 0.796 bits per heavy atom. The molecule has 0 saturated heterocycles. The Morgan fingerprint density at radius 1 is 0.429 bits per heavy atom. The first-order valence-electron chi connectivity index (χ1n) is 21.7. The predicted molar refractivity (Wildman–Crippen MR) is 225 cm³/mol. The molecule has 0 radical (unpaired) electrons. The van der Waals surface area contributed by atoms with E-state index in [1.165, 1.54) is 173 Å². The van der Waals surface area contributed by atoms with E-state index < -0.39 is 0 Å². The maximum absolute atomic E-state index is 6.64. The van der Waals surface area contributed by atoms with Gasteiger partial charge in [0.1, 0.15) is 0 Å². The lowest BCUT2D eigenvalue weighted by atomic mass is 9.98. The number of nitrogens with zero attached hydrogens (tertiary/aromatic N) is 2. The molecule has 0 aromatic heterocycles. The van der Waals surface area contributed by atoms with Crippen molar-refractivity contribution in [2.24, 2.45) is 5.73 Å². The molecule has 0 aromatic rings. The fourth-order valence-electron chi connectivity index (χ4n) is 6.77. The zero-order valence-electron chi connectivity index (χ0n) is 34.2. The number of hydrogen-bond donors (Lipinski definition) is 1. The highest BCUT2D eigenvalue weighted by Crippen LogP contribution is 2.19. The molecule has 2 N–H and O–H groups in total. The molecular formula is C46H89N3. The van der Waals surface area contributed by atoms with E-state index in [-0.39, 0.29) is 0 Å². The Labute approximate surface area is 309 Å². The van der Waals surface area contributed by atoms with Crippen LogP contribution in [0.5, 0.6) is 0 Å². The van der Waals surface area contributed by atoms with Crippen molar-refractivity contribution >= 4 is 0 Å². The fourth-order valence-corrected chi connectivity index (χ4v) is 6.77. The monoisotopic (exact) mass is 684 g/mol. The average Bonchev–Trinajstić information content (AvgIpc) is 3.08. The number of unbranched alkanes of at least 4 members (excludes halogenated alkanes) is 19. The Balaban J connectivity index is 4.22. The van der Waals surface area contributed by atoms with Gasteiger partial charge in [0.05, 0.1) is 0 Å². The van der Waals surface area contributed by atoms with Gasteiger partial charge >= 0.3 is 0 Å². The molecule has 0 amide bonds. The van der Waals surface area contributed by atoms with E-state index in [1.807, 2.05) is 0 Å². The quantitative estimate of drug-likeness (QED) is 0.0519. The van der Waals surface area contributed by atoms with Crippen molar-refractivity contribution in [3.05, 3.63) is 48.6 Å². The molecule has 0 aliphatic carbocycles. The van der Waals surface area contributed by atoms with Crippen molar-refractivity contribution in [1.82, 2.24) is 9.80 Å². The van der Waals surface area contributed by atoms with E-state index in [2.05, 4.69) is 93.4 Å². The van der Waals surface area contributed by atoms with Crippen LogP contribution in [0.2, 0.25) is 0 Å². The number of rotatable bonds is 38. The molecule has 1 atom stereocenters. The molecule has 0 rings (SSSR count). The summed E-state index contributed by atoms with van der Waals surface area (Å²) in [5, 5.41) is 0. The third-order valence-corrected chi connectivity index (χ3v) is 10.1. The second-order valence-corrected chi connectivity index (χ2v) is 15.4.